The third kappa shape index (κ3) is 4.34. The zero-order valence-electron chi connectivity index (χ0n) is 25.7. The molecule has 3 aromatic rings. The van der Waals surface area contributed by atoms with Crippen LogP contribution in [-0.2, 0) is 23.1 Å². The quantitative estimate of drug-likeness (QED) is 0.254. The Hall–Kier alpha value is -4.39. The topological polar surface area (TPSA) is 116 Å². The summed E-state index contributed by atoms with van der Waals surface area (Å²) in [5.41, 5.74) is 2.80. The number of nitrogens with zero attached hydrogens (tertiary/aromatic N) is 3. The van der Waals surface area contributed by atoms with Crippen LogP contribution in [-0.4, -0.2) is 74.8 Å². The summed E-state index contributed by atoms with van der Waals surface area (Å²) < 4.78 is 6.56. The van der Waals surface area contributed by atoms with E-state index in [4.69, 9.17) is 4.74 Å². The van der Waals surface area contributed by atoms with Crippen LogP contribution in [0.2, 0.25) is 0 Å². The fourth-order valence-electron chi connectivity index (χ4n) is 8.60. The van der Waals surface area contributed by atoms with Crippen molar-refractivity contribution in [1.82, 2.24) is 9.80 Å². The summed E-state index contributed by atoms with van der Waals surface area (Å²) in [5.74, 6) is 5.31. The Bertz CT molecular complexity index is 1780. The number of phenols is 1. The first-order chi connectivity index (χ1) is 21.5. The van der Waals surface area contributed by atoms with Gasteiger partial charge in [0.2, 0.25) is 0 Å². The van der Waals surface area contributed by atoms with Gasteiger partial charge in [-0.2, -0.15) is 0 Å². The molecule has 1 amide bonds. The lowest BCUT2D eigenvalue weighted by atomic mass is 9.48. The molecule has 9 heteroatoms. The molecule has 5 atom stereocenters. The highest BCUT2D eigenvalue weighted by molar-refractivity contribution is 5.94. The number of carbonyl (C=O) groups is 1. The van der Waals surface area contributed by atoms with Gasteiger partial charge in [-0.1, -0.05) is 42.3 Å². The smallest absolute Gasteiger partial charge is 0.298 e. The zero-order valence-corrected chi connectivity index (χ0v) is 25.7. The molecule has 232 valence electrons. The normalized spacial score (nSPS) is 27.5. The first-order valence-electron chi connectivity index (χ1n) is 15.6. The summed E-state index contributed by atoms with van der Waals surface area (Å²) in [5, 5.41) is 36.2. The molecule has 7 rings (SSSR count). The van der Waals surface area contributed by atoms with Crippen LogP contribution in [0, 0.1) is 35.8 Å². The van der Waals surface area contributed by atoms with Gasteiger partial charge in [-0.15, -0.1) is 0 Å². The van der Waals surface area contributed by atoms with Crippen LogP contribution in [0.3, 0.4) is 0 Å². The molecule has 2 bridgehead atoms. The molecule has 0 aromatic heterocycles. The van der Waals surface area contributed by atoms with Gasteiger partial charge in [0, 0.05) is 42.2 Å². The van der Waals surface area contributed by atoms with E-state index in [1.54, 1.807) is 11.9 Å². The van der Waals surface area contributed by atoms with Crippen LogP contribution >= 0.6 is 0 Å². The van der Waals surface area contributed by atoms with Crippen LogP contribution in [0.5, 0.6) is 11.5 Å². The number of rotatable bonds is 5. The van der Waals surface area contributed by atoms with Gasteiger partial charge >= 0.3 is 0 Å². The summed E-state index contributed by atoms with van der Waals surface area (Å²) in [7, 11) is 1.70. The number of amides is 1. The first kappa shape index (κ1) is 29.3. The van der Waals surface area contributed by atoms with Gasteiger partial charge in [-0.05, 0) is 81.3 Å². The van der Waals surface area contributed by atoms with Crippen molar-refractivity contribution in [3.63, 3.8) is 0 Å². The van der Waals surface area contributed by atoms with Crippen molar-refractivity contribution < 1.29 is 24.7 Å². The van der Waals surface area contributed by atoms with E-state index in [1.807, 2.05) is 50.2 Å². The number of carbonyl (C=O) groups excluding carboxylic acids is 1. The molecule has 9 nitrogen and oxygen atoms in total. The number of hydrogen-bond acceptors (Lipinski definition) is 7. The summed E-state index contributed by atoms with van der Waals surface area (Å²) in [6, 6.07) is 16.3. The second-order valence-corrected chi connectivity index (χ2v) is 13.1. The molecule has 4 aliphatic rings. The SMILES string of the molecule is Cc1ccc(C#CC(=O)N(C)[C@H]2CC[C@@]3(O)[C@H]4Cc5c([N+](=O)[O-])cc(O)c6c5[C@@]3(CCN4CCc3ccccc3)[C@H]2O6)cc1C. The van der Waals surface area contributed by atoms with E-state index in [0.29, 0.717) is 43.5 Å². The third-order valence-electron chi connectivity index (χ3n) is 11.0. The van der Waals surface area contributed by atoms with Gasteiger partial charge in [0.15, 0.2) is 11.5 Å². The number of nitro benzene ring substituents is 1. The predicted octanol–water partition coefficient (Wildman–Crippen LogP) is 4.19. The second-order valence-electron chi connectivity index (χ2n) is 13.1. The highest BCUT2D eigenvalue weighted by atomic mass is 16.6. The number of nitro groups is 1. The fourth-order valence-corrected chi connectivity index (χ4v) is 8.60. The number of piperidine rings is 1. The molecular weight excluding hydrogens is 570 g/mol. The van der Waals surface area contributed by atoms with Crippen molar-refractivity contribution in [2.24, 2.45) is 0 Å². The van der Waals surface area contributed by atoms with Crippen molar-refractivity contribution in [3.05, 3.63) is 98.1 Å². The van der Waals surface area contributed by atoms with Crippen molar-refractivity contribution in [1.29, 1.82) is 0 Å². The number of likely N-dealkylation sites (tertiary alicyclic amines) is 1. The number of aliphatic hydroxyl groups is 1. The van der Waals surface area contributed by atoms with Crippen LogP contribution in [0.15, 0.2) is 54.6 Å². The number of aromatic hydroxyl groups is 1. The van der Waals surface area contributed by atoms with E-state index < -0.39 is 28.1 Å². The second kappa shape index (κ2) is 10.6. The molecule has 1 saturated heterocycles. The van der Waals surface area contributed by atoms with Crippen molar-refractivity contribution in [2.75, 3.05) is 20.1 Å². The van der Waals surface area contributed by atoms with E-state index >= 15 is 0 Å². The van der Waals surface area contributed by atoms with Gasteiger partial charge in [-0.25, -0.2) is 0 Å². The highest BCUT2D eigenvalue weighted by Gasteiger charge is 2.74. The molecule has 0 radical (unpaired) electrons. The van der Waals surface area contributed by atoms with Crippen LogP contribution in [0.1, 0.15) is 52.6 Å². The lowest BCUT2D eigenvalue weighted by Gasteiger charge is -2.64. The zero-order chi connectivity index (χ0) is 31.7. The largest absolute Gasteiger partial charge is 0.504 e. The van der Waals surface area contributed by atoms with Crippen molar-refractivity contribution in [2.45, 2.75) is 75.2 Å². The average molecular weight is 608 g/mol. The number of aryl methyl sites for hydroxylation is 2. The Morgan fingerprint density at radius 1 is 1.16 bits per heavy atom. The molecule has 2 fully saturated rings. The number of benzene rings is 3. The van der Waals surface area contributed by atoms with Gasteiger partial charge in [0.1, 0.15) is 6.10 Å². The molecule has 3 aromatic carbocycles. The standard InChI is InChI=1S/C36H37N3O6/c1-22-9-10-25(19-23(22)2)11-12-31(41)37(3)27-13-15-36(42)30-20-26-28(39(43)44)21-29(40)33-32(26)35(36,34(27)45-33)16-18-38(30)17-14-24-7-5-4-6-8-24/h4-10,19,21,27,30,34,40,42H,13-18,20H2,1-3H3/t27-,30+,34-,35-,36+/m0/s1. The van der Waals surface area contributed by atoms with E-state index in [9.17, 15) is 25.1 Å². The van der Waals surface area contributed by atoms with Crippen LogP contribution < -0.4 is 4.74 Å². The lowest BCUT2D eigenvalue weighted by molar-refractivity contribution is -0.386. The van der Waals surface area contributed by atoms with Gasteiger partial charge < -0.3 is 19.8 Å². The van der Waals surface area contributed by atoms with Crippen molar-refractivity contribution in [3.8, 4) is 23.3 Å². The predicted molar refractivity (Wildman–Crippen MR) is 168 cm³/mol. The van der Waals surface area contributed by atoms with Gasteiger partial charge in [0.05, 0.1) is 28.0 Å². The van der Waals surface area contributed by atoms with Crippen LogP contribution in [0.4, 0.5) is 5.69 Å². The molecule has 2 aliphatic carbocycles. The Morgan fingerprint density at radius 3 is 2.67 bits per heavy atom. The maximum absolute atomic E-state index is 13.5. The number of ether oxygens (including phenoxy) is 1. The third-order valence-corrected chi connectivity index (χ3v) is 11.0. The Labute approximate surface area is 262 Å². The minimum Gasteiger partial charge on any atom is -0.504 e. The highest BCUT2D eigenvalue weighted by Crippen LogP contribution is 2.67. The molecule has 0 unspecified atom stereocenters. The Kier molecular flexibility index (Phi) is 6.91. The molecule has 1 spiro atoms. The summed E-state index contributed by atoms with van der Waals surface area (Å²) in [6.45, 7) is 5.38. The van der Waals surface area contributed by atoms with E-state index in [1.165, 1.54) is 11.6 Å². The fraction of sp³-hybridized carbons (Fsp3) is 0.417. The monoisotopic (exact) mass is 607 g/mol. The van der Waals surface area contributed by atoms with Crippen LogP contribution in [0.25, 0.3) is 0 Å². The van der Waals surface area contributed by atoms with E-state index in [-0.39, 0.29) is 35.6 Å². The van der Waals surface area contributed by atoms with Gasteiger partial charge in [-0.3, -0.25) is 19.8 Å². The summed E-state index contributed by atoms with van der Waals surface area (Å²) >= 11 is 0. The van der Waals surface area contributed by atoms with E-state index in [0.717, 1.165) is 23.1 Å². The minimum absolute atomic E-state index is 0.155. The molecule has 45 heavy (non-hydrogen) atoms. The van der Waals surface area contributed by atoms with Gasteiger partial charge in [0.25, 0.3) is 11.6 Å². The number of phenolic OH excluding ortho intramolecular Hbond substituents is 1. The lowest BCUT2D eigenvalue weighted by Crippen LogP contribution is -2.78. The molecule has 2 aliphatic heterocycles. The number of likely N-dealkylation sites (N-methyl/N-ethyl adjacent to an activating group) is 1. The molecule has 1 saturated carbocycles. The van der Waals surface area contributed by atoms with Crippen molar-refractivity contribution >= 4 is 11.6 Å². The maximum atomic E-state index is 13.5. The number of hydrogen-bond donors (Lipinski definition) is 2. The van der Waals surface area contributed by atoms with E-state index in [2.05, 4.69) is 28.9 Å². The summed E-state index contributed by atoms with van der Waals surface area (Å²) in [4.78, 5) is 29.2. The molecular formula is C36H37N3O6. The average Bonchev–Trinajstić information content (AvgIpc) is 3.37. The Morgan fingerprint density at radius 2 is 1.93 bits per heavy atom. The molecule has 2 heterocycles. The minimum atomic E-state index is -1.27. The first-order valence-corrected chi connectivity index (χ1v) is 15.6. The summed E-state index contributed by atoms with van der Waals surface area (Å²) in [6.07, 6.45) is 1.69. The Balaban J connectivity index is 1.27. The molecule has 2 N–H and O–H groups in total. The maximum Gasteiger partial charge on any atom is 0.298 e.